The predicted molar refractivity (Wildman–Crippen MR) is 124 cm³/mol. The minimum Gasteiger partial charge on any atom is -0.494 e. The maximum atomic E-state index is 12.8. The first kappa shape index (κ1) is 23.3. The van der Waals surface area contributed by atoms with Crippen LogP contribution in [-0.4, -0.2) is 29.4 Å². The highest BCUT2D eigenvalue weighted by Crippen LogP contribution is 2.21. The van der Waals surface area contributed by atoms with Crippen LogP contribution < -0.4 is 20.1 Å². The van der Waals surface area contributed by atoms with Gasteiger partial charge < -0.3 is 20.1 Å². The summed E-state index contributed by atoms with van der Waals surface area (Å²) < 4.78 is 11.0. The summed E-state index contributed by atoms with van der Waals surface area (Å²) >= 11 is 0. The Morgan fingerprint density at radius 1 is 0.939 bits per heavy atom. The number of nitro benzene ring substituents is 1. The summed E-state index contributed by atoms with van der Waals surface area (Å²) in [6.45, 7) is 3.98. The molecule has 3 aromatic carbocycles. The molecule has 3 rings (SSSR count). The van der Waals surface area contributed by atoms with Crippen molar-refractivity contribution >= 4 is 28.9 Å². The lowest BCUT2D eigenvalue weighted by Crippen LogP contribution is -2.31. The normalized spacial score (nSPS) is 11.2. The highest BCUT2D eigenvalue weighted by Gasteiger charge is 2.19. The zero-order valence-corrected chi connectivity index (χ0v) is 18.1. The van der Waals surface area contributed by atoms with E-state index in [1.807, 2.05) is 6.92 Å². The molecule has 9 heteroatoms. The molecule has 33 heavy (non-hydrogen) atoms. The van der Waals surface area contributed by atoms with Crippen molar-refractivity contribution in [3.63, 3.8) is 0 Å². The number of benzene rings is 3. The first-order valence-electron chi connectivity index (χ1n) is 10.2. The molecule has 0 heterocycles. The third-order valence-corrected chi connectivity index (χ3v) is 4.58. The molecule has 2 N–H and O–H groups in total. The van der Waals surface area contributed by atoms with Gasteiger partial charge in [-0.15, -0.1) is 0 Å². The number of para-hydroxylation sites is 1. The van der Waals surface area contributed by atoms with Crippen LogP contribution in [0.2, 0.25) is 0 Å². The van der Waals surface area contributed by atoms with E-state index in [2.05, 4.69) is 10.6 Å². The number of nitrogens with zero attached hydrogens (tertiary/aromatic N) is 1. The summed E-state index contributed by atoms with van der Waals surface area (Å²) in [6, 6.07) is 19.0. The van der Waals surface area contributed by atoms with E-state index in [9.17, 15) is 19.7 Å². The van der Waals surface area contributed by atoms with E-state index in [1.165, 1.54) is 24.3 Å². The average molecular weight is 449 g/mol. The maximum Gasteiger partial charge on any atom is 0.269 e. The molecule has 0 aliphatic heterocycles. The predicted octanol–water partition coefficient (Wildman–Crippen LogP) is 4.65. The van der Waals surface area contributed by atoms with Crippen LogP contribution in [0.3, 0.4) is 0 Å². The molecule has 0 saturated heterocycles. The van der Waals surface area contributed by atoms with Gasteiger partial charge in [-0.2, -0.15) is 0 Å². The lowest BCUT2D eigenvalue weighted by atomic mass is 10.1. The highest BCUT2D eigenvalue weighted by molar-refractivity contribution is 6.10. The summed E-state index contributed by atoms with van der Waals surface area (Å²) in [7, 11) is 0. The van der Waals surface area contributed by atoms with Gasteiger partial charge in [0.2, 0.25) is 0 Å². The van der Waals surface area contributed by atoms with Crippen LogP contribution in [-0.2, 0) is 4.79 Å². The van der Waals surface area contributed by atoms with Crippen molar-refractivity contribution in [3.8, 4) is 11.5 Å². The van der Waals surface area contributed by atoms with Gasteiger partial charge in [0.1, 0.15) is 11.5 Å². The summed E-state index contributed by atoms with van der Waals surface area (Å²) in [5.41, 5.74) is 1.11. The van der Waals surface area contributed by atoms with Crippen molar-refractivity contribution in [2.75, 3.05) is 17.2 Å². The van der Waals surface area contributed by atoms with Gasteiger partial charge in [0.15, 0.2) is 6.10 Å². The number of nitro groups is 1. The van der Waals surface area contributed by atoms with E-state index in [0.717, 1.165) is 0 Å². The quantitative estimate of drug-likeness (QED) is 0.362. The molecule has 0 aliphatic carbocycles. The van der Waals surface area contributed by atoms with Crippen LogP contribution in [0.15, 0.2) is 72.8 Å². The third kappa shape index (κ3) is 6.30. The number of rotatable bonds is 9. The molecule has 0 aliphatic rings. The number of carbonyl (C=O) groups is 2. The molecule has 0 radical (unpaired) electrons. The molecule has 1 unspecified atom stereocenters. The monoisotopic (exact) mass is 449 g/mol. The lowest BCUT2D eigenvalue weighted by molar-refractivity contribution is -0.384. The molecular weight excluding hydrogens is 426 g/mol. The zero-order valence-electron chi connectivity index (χ0n) is 18.1. The molecule has 1 atom stereocenters. The van der Waals surface area contributed by atoms with Crippen molar-refractivity contribution in [1.29, 1.82) is 0 Å². The number of amides is 2. The number of ether oxygens (including phenoxy) is 2. The highest BCUT2D eigenvalue weighted by atomic mass is 16.6. The fourth-order valence-electron chi connectivity index (χ4n) is 2.93. The molecule has 170 valence electrons. The minimum atomic E-state index is -0.909. The summed E-state index contributed by atoms with van der Waals surface area (Å²) in [4.78, 5) is 35.7. The first-order chi connectivity index (χ1) is 15.9. The van der Waals surface area contributed by atoms with Gasteiger partial charge in [0.25, 0.3) is 17.5 Å². The molecule has 0 bridgehead atoms. The van der Waals surface area contributed by atoms with Crippen molar-refractivity contribution in [2.45, 2.75) is 20.0 Å². The van der Waals surface area contributed by atoms with Crippen LogP contribution in [0, 0.1) is 10.1 Å². The van der Waals surface area contributed by atoms with Gasteiger partial charge in [0.05, 0.1) is 22.8 Å². The Kier molecular flexibility index (Phi) is 7.59. The van der Waals surface area contributed by atoms with Gasteiger partial charge in [0, 0.05) is 17.8 Å². The Hall–Kier alpha value is -4.40. The van der Waals surface area contributed by atoms with E-state index in [1.54, 1.807) is 55.5 Å². The Labute approximate surface area is 190 Å². The van der Waals surface area contributed by atoms with E-state index in [0.29, 0.717) is 29.5 Å². The molecule has 0 spiro atoms. The molecule has 0 aromatic heterocycles. The lowest BCUT2D eigenvalue weighted by Gasteiger charge is -2.16. The zero-order chi connectivity index (χ0) is 23.8. The minimum absolute atomic E-state index is 0.0769. The van der Waals surface area contributed by atoms with Crippen molar-refractivity contribution in [1.82, 2.24) is 0 Å². The van der Waals surface area contributed by atoms with Crippen molar-refractivity contribution in [3.05, 3.63) is 88.5 Å². The Morgan fingerprint density at radius 2 is 1.58 bits per heavy atom. The maximum absolute atomic E-state index is 12.8. The number of non-ortho nitro benzene ring substituents is 1. The number of carbonyl (C=O) groups excluding carboxylic acids is 2. The fraction of sp³-hybridized carbons (Fsp3) is 0.167. The Balaban J connectivity index is 1.65. The molecule has 0 saturated carbocycles. The summed E-state index contributed by atoms with van der Waals surface area (Å²) in [6.07, 6.45) is -0.909. The molecule has 2 amide bonds. The standard InChI is InChI=1S/C24H23N3O6/c1-3-32-19-12-8-17(9-13-19)25-24(29)21-6-4-5-7-22(21)26-23(28)16(2)33-20-14-10-18(11-15-20)27(30)31/h4-16H,3H2,1-2H3,(H,25,29)(H,26,28). The second-order valence-electron chi connectivity index (χ2n) is 6.96. The van der Waals surface area contributed by atoms with E-state index >= 15 is 0 Å². The van der Waals surface area contributed by atoms with E-state index in [-0.39, 0.29) is 17.2 Å². The number of nitrogens with one attached hydrogen (secondary N) is 2. The van der Waals surface area contributed by atoms with Crippen molar-refractivity contribution in [2.24, 2.45) is 0 Å². The molecule has 9 nitrogen and oxygen atoms in total. The van der Waals surface area contributed by atoms with Crippen LogP contribution >= 0.6 is 0 Å². The Bertz CT molecular complexity index is 1130. The van der Waals surface area contributed by atoms with Gasteiger partial charge in [-0.3, -0.25) is 19.7 Å². The molecular formula is C24H23N3O6. The molecule has 0 fully saturated rings. The van der Waals surface area contributed by atoms with Crippen LogP contribution in [0.1, 0.15) is 24.2 Å². The smallest absolute Gasteiger partial charge is 0.269 e. The van der Waals surface area contributed by atoms with Gasteiger partial charge in [-0.05, 0) is 62.4 Å². The van der Waals surface area contributed by atoms with Crippen LogP contribution in [0.4, 0.5) is 17.1 Å². The second kappa shape index (κ2) is 10.8. The van der Waals surface area contributed by atoms with Gasteiger partial charge >= 0.3 is 0 Å². The number of hydrogen-bond acceptors (Lipinski definition) is 6. The first-order valence-corrected chi connectivity index (χ1v) is 10.2. The fourth-order valence-corrected chi connectivity index (χ4v) is 2.93. The summed E-state index contributed by atoms with van der Waals surface area (Å²) in [5.74, 6) is 0.142. The van der Waals surface area contributed by atoms with Crippen molar-refractivity contribution < 1.29 is 24.0 Å². The molecule has 3 aromatic rings. The number of anilines is 2. The van der Waals surface area contributed by atoms with E-state index < -0.39 is 16.9 Å². The second-order valence-corrected chi connectivity index (χ2v) is 6.96. The van der Waals surface area contributed by atoms with Gasteiger partial charge in [-0.25, -0.2) is 0 Å². The van der Waals surface area contributed by atoms with E-state index in [4.69, 9.17) is 9.47 Å². The summed E-state index contributed by atoms with van der Waals surface area (Å²) in [5, 5.41) is 16.2. The number of hydrogen-bond donors (Lipinski definition) is 2. The van der Waals surface area contributed by atoms with Crippen LogP contribution in [0.25, 0.3) is 0 Å². The topological polar surface area (TPSA) is 120 Å². The SMILES string of the molecule is CCOc1ccc(NC(=O)c2ccccc2NC(=O)C(C)Oc2ccc([N+](=O)[O-])cc2)cc1. The third-order valence-electron chi connectivity index (χ3n) is 4.58. The van der Waals surface area contributed by atoms with Crippen LogP contribution in [0.5, 0.6) is 11.5 Å². The van der Waals surface area contributed by atoms with Gasteiger partial charge in [-0.1, -0.05) is 12.1 Å². The average Bonchev–Trinajstić information content (AvgIpc) is 2.81. The largest absolute Gasteiger partial charge is 0.494 e. The Morgan fingerprint density at radius 3 is 2.21 bits per heavy atom.